The van der Waals surface area contributed by atoms with Crippen molar-refractivity contribution in [2.45, 2.75) is 6.54 Å². The monoisotopic (exact) mass is 268 g/mol. The number of nitriles is 1. The summed E-state index contributed by atoms with van der Waals surface area (Å²) in [7, 11) is 0. The van der Waals surface area contributed by atoms with Crippen molar-refractivity contribution in [3.05, 3.63) is 11.8 Å². The minimum atomic E-state index is -1.18. The number of aliphatic hydroxyl groups excluding tert-OH is 1. The highest BCUT2D eigenvalue weighted by molar-refractivity contribution is 5.92. The molecule has 3 N–H and O–H groups in total. The molecule has 1 rings (SSSR count). The molecular formula is C10H12N4O5. The number of carbonyl (C=O) groups is 2. The highest BCUT2D eigenvalue weighted by atomic mass is 16.5. The molecule has 0 fully saturated rings. The smallest absolute Gasteiger partial charge is 0.329 e. The lowest BCUT2D eigenvalue weighted by molar-refractivity contribution is -0.143. The van der Waals surface area contributed by atoms with Crippen molar-refractivity contribution in [3.8, 4) is 6.07 Å². The van der Waals surface area contributed by atoms with E-state index >= 15 is 0 Å². The maximum atomic E-state index is 11.5. The van der Waals surface area contributed by atoms with Crippen LogP contribution in [0.5, 0.6) is 0 Å². The van der Waals surface area contributed by atoms with Crippen LogP contribution in [0.2, 0.25) is 0 Å². The summed E-state index contributed by atoms with van der Waals surface area (Å²) in [5.74, 6) is -1.66. The molecule has 1 heterocycles. The van der Waals surface area contributed by atoms with Crippen molar-refractivity contribution in [1.29, 1.82) is 5.26 Å². The van der Waals surface area contributed by atoms with Crippen LogP contribution >= 0.6 is 0 Å². The van der Waals surface area contributed by atoms with Gasteiger partial charge in [0.05, 0.1) is 19.3 Å². The van der Waals surface area contributed by atoms with Crippen LogP contribution in [0.15, 0.2) is 6.20 Å². The zero-order chi connectivity index (χ0) is 14.3. The van der Waals surface area contributed by atoms with E-state index in [1.165, 1.54) is 10.9 Å². The molecule has 0 spiro atoms. The van der Waals surface area contributed by atoms with E-state index in [9.17, 15) is 9.59 Å². The van der Waals surface area contributed by atoms with E-state index in [4.69, 9.17) is 15.5 Å². The predicted molar refractivity (Wildman–Crippen MR) is 61.1 cm³/mol. The number of carboxylic acids is 1. The van der Waals surface area contributed by atoms with Gasteiger partial charge in [-0.05, 0) is 0 Å². The summed E-state index contributed by atoms with van der Waals surface area (Å²) in [5, 5.41) is 32.2. The van der Waals surface area contributed by atoms with E-state index in [1.807, 2.05) is 6.07 Å². The molecule has 0 aliphatic heterocycles. The number of ether oxygens (including phenoxy) is 1. The number of rotatable bonds is 7. The highest BCUT2D eigenvalue weighted by Gasteiger charge is 2.13. The second kappa shape index (κ2) is 7.10. The number of nitrogens with zero attached hydrogens (tertiary/aromatic N) is 3. The Bertz CT molecular complexity index is 505. The third-order valence-electron chi connectivity index (χ3n) is 1.99. The first-order valence-electron chi connectivity index (χ1n) is 5.24. The van der Waals surface area contributed by atoms with E-state index in [-0.39, 0.29) is 24.5 Å². The van der Waals surface area contributed by atoms with E-state index in [0.717, 1.165) is 0 Å². The van der Waals surface area contributed by atoms with Gasteiger partial charge in [0.2, 0.25) is 0 Å². The van der Waals surface area contributed by atoms with Gasteiger partial charge in [-0.25, -0.2) is 9.48 Å². The number of carbonyl (C=O) groups excluding carboxylic acids is 1. The maximum absolute atomic E-state index is 11.5. The van der Waals surface area contributed by atoms with Gasteiger partial charge in [0, 0.05) is 0 Å². The quantitative estimate of drug-likeness (QED) is 0.563. The molecule has 102 valence electrons. The Morgan fingerprint density at radius 1 is 1.53 bits per heavy atom. The van der Waals surface area contributed by atoms with Crippen LogP contribution in [0.25, 0.3) is 0 Å². The van der Waals surface area contributed by atoms with Crippen molar-refractivity contribution in [2.75, 3.05) is 25.1 Å². The van der Waals surface area contributed by atoms with Crippen LogP contribution in [0.4, 0.5) is 5.82 Å². The van der Waals surface area contributed by atoms with E-state index in [0.29, 0.717) is 0 Å². The number of hydrogen-bond donors (Lipinski definition) is 3. The van der Waals surface area contributed by atoms with Gasteiger partial charge in [-0.2, -0.15) is 10.4 Å². The summed E-state index contributed by atoms with van der Waals surface area (Å²) in [4.78, 5) is 21.7. The molecule has 0 saturated heterocycles. The number of aliphatic hydroxyl groups is 1. The van der Waals surface area contributed by atoms with Gasteiger partial charge < -0.3 is 20.3 Å². The number of carboxylic acid groups (broad SMARTS) is 1. The summed E-state index contributed by atoms with van der Waals surface area (Å²) < 4.78 is 5.86. The van der Waals surface area contributed by atoms with Gasteiger partial charge in [0.1, 0.15) is 30.7 Å². The van der Waals surface area contributed by atoms with Crippen LogP contribution in [-0.2, 0) is 20.9 Å². The van der Waals surface area contributed by atoms with Gasteiger partial charge in [-0.1, -0.05) is 0 Å². The molecule has 0 radical (unpaired) electrons. The van der Waals surface area contributed by atoms with Crippen LogP contribution in [0.1, 0.15) is 5.56 Å². The minimum absolute atomic E-state index is 0.118. The summed E-state index contributed by atoms with van der Waals surface area (Å²) >= 11 is 0. The van der Waals surface area contributed by atoms with Crippen molar-refractivity contribution < 1.29 is 24.5 Å². The lowest BCUT2D eigenvalue weighted by atomic mass is 10.3. The number of hydrogen-bond acceptors (Lipinski definition) is 6. The van der Waals surface area contributed by atoms with Gasteiger partial charge >= 0.3 is 5.97 Å². The minimum Gasteiger partial charge on any atom is -0.480 e. The Hall–Kier alpha value is -2.44. The molecule has 0 aromatic carbocycles. The number of anilines is 1. The first-order chi connectivity index (χ1) is 9.08. The van der Waals surface area contributed by atoms with Crippen LogP contribution in [-0.4, -0.2) is 51.7 Å². The number of aromatic nitrogens is 2. The molecule has 9 heteroatoms. The summed E-state index contributed by atoms with van der Waals surface area (Å²) in [6, 6.07) is 1.84. The number of amides is 1. The molecule has 1 aromatic rings. The van der Waals surface area contributed by atoms with Gasteiger partial charge in [-0.3, -0.25) is 4.79 Å². The Kier molecular flexibility index (Phi) is 5.46. The van der Waals surface area contributed by atoms with Crippen molar-refractivity contribution in [2.24, 2.45) is 0 Å². The van der Waals surface area contributed by atoms with Crippen molar-refractivity contribution >= 4 is 17.7 Å². The first kappa shape index (κ1) is 14.6. The SMILES string of the molecule is N#Cc1cnn(CCO)c1NC(=O)COCC(=O)O. The Balaban J connectivity index is 2.64. The molecule has 9 nitrogen and oxygen atoms in total. The predicted octanol–water partition coefficient (Wildman–Crippen LogP) is -1.21. The molecule has 0 aliphatic rings. The average molecular weight is 268 g/mol. The summed E-state index contributed by atoms with van der Waals surface area (Å²) in [5.41, 5.74) is 0.139. The largest absolute Gasteiger partial charge is 0.480 e. The summed E-state index contributed by atoms with van der Waals surface area (Å²) in [6.07, 6.45) is 1.25. The van der Waals surface area contributed by atoms with Crippen molar-refractivity contribution in [1.82, 2.24) is 9.78 Å². The number of nitrogens with one attached hydrogen (secondary N) is 1. The first-order valence-corrected chi connectivity index (χ1v) is 5.24. The molecule has 0 bridgehead atoms. The zero-order valence-corrected chi connectivity index (χ0v) is 9.87. The molecular weight excluding hydrogens is 256 g/mol. The molecule has 1 aromatic heterocycles. The van der Waals surface area contributed by atoms with Crippen LogP contribution in [0, 0.1) is 11.3 Å². The highest BCUT2D eigenvalue weighted by Crippen LogP contribution is 2.13. The molecule has 0 aliphatic carbocycles. The lowest BCUT2D eigenvalue weighted by Gasteiger charge is -2.08. The normalized spacial score (nSPS) is 9.89. The standard InChI is InChI=1S/C10H12N4O5/c11-3-7-4-12-14(1-2-15)10(7)13-8(16)5-19-6-9(17)18/h4,15H,1-2,5-6H2,(H,13,16)(H,17,18). The van der Waals surface area contributed by atoms with Gasteiger partial charge in [0.15, 0.2) is 0 Å². The third-order valence-corrected chi connectivity index (χ3v) is 1.99. The topological polar surface area (TPSA) is 137 Å². The fourth-order valence-electron chi connectivity index (χ4n) is 1.26. The fourth-order valence-corrected chi connectivity index (χ4v) is 1.26. The van der Waals surface area contributed by atoms with E-state index in [1.54, 1.807) is 0 Å². The van der Waals surface area contributed by atoms with E-state index in [2.05, 4.69) is 15.2 Å². The second-order valence-corrected chi connectivity index (χ2v) is 3.40. The van der Waals surface area contributed by atoms with Crippen molar-refractivity contribution in [3.63, 3.8) is 0 Å². The van der Waals surface area contributed by atoms with Gasteiger partial charge in [-0.15, -0.1) is 0 Å². The van der Waals surface area contributed by atoms with E-state index < -0.39 is 25.1 Å². The Morgan fingerprint density at radius 3 is 2.84 bits per heavy atom. The molecule has 0 unspecified atom stereocenters. The third kappa shape index (κ3) is 4.38. The molecule has 1 amide bonds. The molecule has 19 heavy (non-hydrogen) atoms. The Labute approximate surface area is 108 Å². The second-order valence-electron chi connectivity index (χ2n) is 3.40. The molecule has 0 saturated carbocycles. The Morgan fingerprint density at radius 2 is 2.26 bits per heavy atom. The zero-order valence-electron chi connectivity index (χ0n) is 9.87. The van der Waals surface area contributed by atoms with Crippen LogP contribution in [0.3, 0.4) is 0 Å². The summed E-state index contributed by atoms with van der Waals surface area (Å²) in [6.45, 7) is -1.13. The number of aliphatic carboxylic acids is 1. The maximum Gasteiger partial charge on any atom is 0.329 e. The van der Waals surface area contributed by atoms with Crippen LogP contribution < -0.4 is 5.32 Å². The fraction of sp³-hybridized carbons (Fsp3) is 0.400. The average Bonchev–Trinajstić information content (AvgIpc) is 2.72. The lowest BCUT2D eigenvalue weighted by Crippen LogP contribution is -2.23. The molecule has 0 atom stereocenters. The van der Waals surface area contributed by atoms with Gasteiger partial charge in [0.25, 0.3) is 5.91 Å².